The molecule has 0 spiro atoms. The minimum absolute atomic E-state index is 0.221. The third-order valence-electron chi connectivity index (χ3n) is 3.85. The quantitative estimate of drug-likeness (QED) is 0.137. The Kier molecular flexibility index (Phi) is 8.60. The van der Waals surface area contributed by atoms with Crippen molar-refractivity contribution < 1.29 is 24.2 Å². The van der Waals surface area contributed by atoms with Crippen molar-refractivity contribution in [1.82, 2.24) is 10.3 Å². The monoisotopic (exact) mass is 434 g/mol. The lowest BCUT2D eigenvalue weighted by Crippen LogP contribution is -2.35. The zero-order valence-corrected chi connectivity index (χ0v) is 16.8. The molecule has 2 aromatic rings. The van der Waals surface area contributed by atoms with Crippen molar-refractivity contribution >= 4 is 35.2 Å². The molecule has 0 aliphatic heterocycles. The molecule has 30 heavy (non-hydrogen) atoms. The van der Waals surface area contributed by atoms with Crippen LogP contribution in [0.2, 0.25) is 5.02 Å². The van der Waals surface area contributed by atoms with Gasteiger partial charge >= 0.3 is 0 Å². The molecule has 0 unspecified atom stereocenters. The van der Waals surface area contributed by atoms with E-state index in [-0.39, 0.29) is 17.8 Å². The number of hydrogen-bond donors (Lipinski definition) is 3. The van der Waals surface area contributed by atoms with Crippen LogP contribution >= 0.6 is 11.6 Å². The Bertz CT molecular complexity index is 950. The third-order valence-corrected chi connectivity index (χ3v) is 4.10. The average molecular weight is 435 g/mol. The number of aliphatic hydroxyl groups is 2. The van der Waals surface area contributed by atoms with Crippen molar-refractivity contribution in [3.05, 3.63) is 70.8 Å². The summed E-state index contributed by atoms with van der Waals surface area (Å²) in [5, 5.41) is 26.7. The zero-order valence-electron chi connectivity index (χ0n) is 16.0. The van der Waals surface area contributed by atoms with Crippen LogP contribution in [0, 0.1) is 5.82 Å². The highest BCUT2D eigenvalue weighted by molar-refractivity contribution is 6.30. The first-order valence-corrected chi connectivity index (χ1v) is 9.14. The maximum atomic E-state index is 13.5. The molecule has 158 valence electrons. The number of pyridine rings is 1. The predicted molar refractivity (Wildman–Crippen MR) is 111 cm³/mol. The Balaban J connectivity index is 2.41. The van der Waals surface area contributed by atoms with E-state index >= 15 is 0 Å². The lowest BCUT2D eigenvalue weighted by atomic mass is 10.1. The maximum Gasteiger partial charge on any atom is 0.254 e. The number of hydrazone groups is 1. The van der Waals surface area contributed by atoms with E-state index in [4.69, 9.17) is 16.7 Å². The molecule has 1 aromatic carbocycles. The average Bonchev–Trinajstić information content (AvgIpc) is 2.75. The molecule has 0 bridgehead atoms. The van der Waals surface area contributed by atoms with Crippen LogP contribution in [-0.2, 0) is 9.59 Å². The van der Waals surface area contributed by atoms with Crippen LogP contribution in [0.25, 0.3) is 0 Å². The molecule has 0 fully saturated rings. The van der Waals surface area contributed by atoms with Gasteiger partial charge in [-0.3, -0.25) is 19.6 Å². The maximum absolute atomic E-state index is 13.5. The summed E-state index contributed by atoms with van der Waals surface area (Å²) >= 11 is 5.92. The molecule has 0 aliphatic carbocycles. The van der Waals surface area contributed by atoms with Gasteiger partial charge in [-0.1, -0.05) is 23.7 Å². The predicted octanol–water partition coefficient (Wildman–Crippen LogP) is 1.31. The van der Waals surface area contributed by atoms with Gasteiger partial charge in [-0.05, 0) is 18.2 Å². The molecule has 3 N–H and O–H groups in total. The smallest absolute Gasteiger partial charge is 0.254 e. The number of amides is 1. The van der Waals surface area contributed by atoms with Crippen molar-refractivity contribution in [2.24, 2.45) is 5.10 Å². The summed E-state index contributed by atoms with van der Waals surface area (Å²) in [4.78, 5) is 27.5. The zero-order chi connectivity index (χ0) is 22.1. The summed E-state index contributed by atoms with van der Waals surface area (Å²) in [6.45, 7) is -0.771. The van der Waals surface area contributed by atoms with Crippen molar-refractivity contribution in [3.63, 3.8) is 0 Å². The van der Waals surface area contributed by atoms with Crippen molar-refractivity contribution in [1.29, 1.82) is 0 Å². The fourth-order valence-electron chi connectivity index (χ4n) is 2.27. The number of aromatic nitrogens is 1. The summed E-state index contributed by atoms with van der Waals surface area (Å²) in [5.41, 5.74) is 0.842. The molecule has 2 rings (SSSR count). The van der Waals surface area contributed by atoms with Gasteiger partial charge in [0.1, 0.15) is 5.82 Å². The van der Waals surface area contributed by atoms with Crippen molar-refractivity contribution in [2.75, 3.05) is 25.2 Å². The summed E-state index contributed by atoms with van der Waals surface area (Å²) in [5.74, 6) is -1.30. The van der Waals surface area contributed by atoms with Crippen LogP contribution in [0.3, 0.4) is 0 Å². The van der Waals surface area contributed by atoms with Gasteiger partial charge in [-0.25, -0.2) is 4.39 Å². The number of carbonyl (C=O) groups is 2. The minimum Gasteiger partial charge on any atom is -0.394 e. The van der Waals surface area contributed by atoms with E-state index in [1.165, 1.54) is 23.3 Å². The number of halogens is 2. The van der Waals surface area contributed by atoms with Crippen LogP contribution in [0.4, 0.5) is 10.1 Å². The van der Waals surface area contributed by atoms with Crippen molar-refractivity contribution in [2.45, 2.75) is 6.10 Å². The number of carbonyl (C=O) groups excluding carboxylic acids is 2. The van der Waals surface area contributed by atoms with E-state index in [1.54, 1.807) is 31.3 Å². The first-order chi connectivity index (χ1) is 14.3. The number of allylic oxidation sites excluding steroid dienone is 1. The number of nitrogens with one attached hydrogen (secondary N) is 1. The fraction of sp³-hybridized carbons (Fsp3) is 0.200. The molecular weight excluding hydrogens is 415 g/mol. The number of aldehydes is 1. The van der Waals surface area contributed by atoms with E-state index in [9.17, 15) is 19.1 Å². The number of anilines is 1. The Morgan fingerprint density at radius 3 is 2.67 bits per heavy atom. The highest BCUT2D eigenvalue weighted by Gasteiger charge is 2.14. The second kappa shape index (κ2) is 11.1. The van der Waals surface area contributed by atoms with E-state index in [0.717, 1.165) is 6.20 Å². The summed E-state index contributed by atoms with van der Waals surface area (Å²) < 4.78 is 13.5. The second-order valence-electron chi connectivity index (χ2n) is 6.14. The normalized spacial score (nSPS) is 13.0. The number of nitrogens with zero attached hydrogens (tertiary/aromatic N) is 3. The molecule has 0 radical (unpaired) electrons. The number of aliphatic hydroxyl groups excluding tert-OH is 2. The molecule has 10 heteroatoms. The van der Waals surface area contributed by atoms with Crippen LogP contribution in [-0.4, -0.2) is 59.4 Å². The molecule has 8 nitrogen and oxygen atoms in total. The fourth-order valence-corrected chi connectivity index (χ4v) is 2.39. The van der Waals surface area contributed by atoms with Gasteiger partial charge in [0.05, 0.1) is 42.1 Å². The molecular formula is C20H20ClFN4O4. The summed E-state index contributed by atoms with van der Waals surface area (Å²) in [6, 6.07) is 7.74. The Morgan fingerprint density at radius 1 is 1.37 bits per heavy atom. The molecule has 1 amide bonds. The van der Waals surface area contributed by atoms with Gasteiger partial charge in [0.2, 0.25) is 0 Å². The summed E-state index contributed by atoms with van der Waals surface area (Å²) in [6.07, 6.45) is 2.89. The minimum atomic E-state index is -1.15. The lowest BCUT2D eigenvalue weighted by Gasteiger charge is -2.15. The van der Waals surface area contributed by atoms with E-state index < -0.39 is 24.4 Å². The van der Waals surface area contributed by atoms with E-state index in [2.05, 4.69) is 15.4 Å². The Labute approximate surface area is 177 Å². The van der Waals surface area contributed by atoms with Gasteiger partial charge in [0.25, 0.3) is 5.91 Å². The summed E-state index contributed by atoms with van der Waals surface area (Å²) in [7, 11) is 1.55. The van der Waals surface area contributed by atoms with Gasteiger partial charge in [-0.15, -0.1) is 0 Å². The largest absolute Gasteiger partial charge is 0.394 e. The Hall–Kier alpha value is -3.14. The number of hydrogen-bond acceptors (Lipinski definition) is 7. The molecule has 1 atom stereocenters. The van der Waals surface area contributed by atoms with Crippen LogP contribution in [0.5, 0.6) is 0 Å². The van der Waals surface area contributed by atoms with E-state index in [1.807, 2.05) is 0 Å². The van der Waals surface area contributed by atoms with Gasteiger partial charge < -0.3 is 15.5 Å². The topological polar surface area (TPSA) is 115 Å². The van der Waals surface area contributed by atoms with Gasteiger partial charge in [0, 0.05) is 30.2 Å². The molecule has 0 saturated heterocycles. The SMILES string of the molecule is CN(/N=C(\C=C(/C=O)C(=O)NC[C@@H](O)CO)c1ccc(Cl)cc1)c1cncc(F)c1. The molecule has 1 aromatic heterocycles. The van der Waals surface area contributed by atoms with Crippen LogP contribution in [0.15, 0.2) is 59.5 Å². The highest BCUT2D eigenvalue weighted by atomic mass is 35.5. The highest BCUT2D eigenvalue weighted by Crippen LogP contribution is 2.16. The first-order valence-electron chi connectivity index (χ1n) is 8.77. The van der Waals surface area contributed by atoms with Crippen molar-refractivity contribution in [3.8, 4) is 0 Å². The second-order valence-corrected chi connectivity index (χ2v) is 6.58. The molecule has 0 saturated carbocycles. The number of rotatable bonds is 9. The number of benzene rings is 1. The van der Waals surface area contributed by atoms with E-state index in [0.29, 0.717) is 22.6 Å². The van der Waals surface area contributed by atoms with Crippen LogP contribution < -0.4 is 10.3 Å². The van der Waals surface area contributed by atoms with Gasteiger partial charge in [0.15, 0.2) is 6.29 Å². The Morgan fingerprint density at radius 2 is 2.07 bits per heavy atom. The van der Waals surface area contributed by atoms with Crippen LogP contribution in [0.1, 0.15) is 5.56 Å². The third kappa shape index (κ3) is 6.73. The molecule has 0 aliphatic rings. The molecule has 1 heterocycles. The standard InChI is InChI=1S/C20H20ClFN4O4/c1-26(17-7-16(22)8-23-9-17)25-19(13-2-4-15(21)5-3-13)6-14(11-27)20(30)24-10-18(29)12-28/h2-9,11,18,28-29H,10,12H2,1H3,(H,24,30)/b14-6+,25-19+/t18-/m1/s1. The lowest BCUT2D eigenvalue weighted by molar-refractivity contribution is -0.119. The van der Waals surface area contributed by atoms with Gasteiger partial charge in [-0.2, -0.15) is 5.10 Å². The first kappa shape index (κ1) is 23.1.